The summed E-state index contributed by atoms with van der Waals surface area (Å²) < 4.78 is 10.7. The summed E-state index contributed by atoms with van der Waals surface area (Å²) in [6.45, 7) is 11.1. The van der Waals surface area contributed by atoms with Crippen LogP contribution in [0.3, 0.4) is 0 Å². The molecular formula is C31H55NO6. The topological polar surface area (TPSA) is 90.0 Å². The van der Waals surface area contributed by atoms with E-state index in [9.17, 15) is 19.2 Å². The highest BCUT2D eigenvalue weighted by molar-refractivity contribution is 6.01. The first-order valence-electron chi connectivity index (χ1n) is 15.1. The van der Waals surface area contributed by atoms with E-state index < -0.39 is 17.6 Å². The van der Waals surface area contributed by atoms with Gasteiger partial charge in [0.2, 0.25) is 11.8 Å². The molecule has 0 bridgehead atoms. The van der Waals surface area contributed by atoms with E-state index in [2.05, 4.69) is 0 Å². The summed E-state index contributed by atoms with van der Waals surface area (Å²) in [5.74, 6) is -1.07. The number of hydrogen-bond acceptors (Lipinski definition) is 6. The number of carbonyl (C=O) groups excluding carboxylic acids is 4. The van der Waals surface area contributed by atoms with Gasteiger partial charge in [0, 0.05) is 19.3 Å². The van der Waals surface area contributed by atoms with Crippen LogP contribution in [-0.4, -0.2) is 45.9 Å². The van der Waals surface area contributed by atoms with E-state index in [1.807, 2.05) is 20.8 Å². The molecule has 0 aromatic carbocycles. The second-order valence-electron chi connectivity index (χ2n) is 12.8. The van der Waals surface area contributed by atoms with Crippen LogP contribution in [0, 0.1) is 0 Å². The van der Waals surface area contributed by atoms with Crippen LogP contribution in [0.1, 0.15) is 157 Å². The number of likely N-dealkylation sites (tertiary alicyclic amines) is 1. The first-order chi connectivity index (χ1) is 17.8. The molecular weight excluding hydrogens is 482 g/mol. The Bertz CT molecular complexity index is 734. The Morgan fingerprint density at radius 3 is 1.47 bits per heavy atom. The van der Waals surface area contributed by atoms with Crippen LogP contribution in [0.5, 0.6) is 0 Å². The molecule has 0 N–H and O–H groups in total. The third-order valence-electron chi connectivity index (χ3n) is 6.60. The summed E-state index contributed by atoms with van der Waals surface area (Å²) in [6, 6.07) is -0.765. The lowest BCUT2D eigenvalue weighted by Crippen LogP contribution is -2.45. The maximum atomic E-state index is 12.6. The second-order valence-corrected chi connectivity index (χ2v) is 12.8. The monoisotopic (exact) mass is 537 g/mol. The van der Waals surface area contributed by atoms with E-state index in [-0.39, 0.29) is 29.8 Å². The number of unbranched alkanes of at least 4 members (excludes halogenated alkanes) is 13. The van der Waals surface area contributed by atoms with Gasteiger partial charge in [-0.25, -0.2) is 4.79 Å². The maximum Gasteiger partial charge on any atom is 0.329 e. The van der Waals surface area contributed by atoms with Crippen molar-refractivity contribution in [1.82, 2.24) is 4.90 Å². The van der Waals surface area contributed by atoms with Gasteiger partial charge in [0.15, 0.2) is 0 Å². The number of esters is 2. The van der Waals surface area contributed by atoms with Gasteiger partial charge in [-0.05, 0) is 60.8 Å². The second kappa shape index (κ2) is 17.6. The Labute approximate surface area is 231 Å². The number of amides is 2. The van der Waals surface area contributed by atoms with Gasteiger partial charge >= 0.3 is 11.9 Å². The normalized spacial score (nSPS) is 16.1. The van der Waals surface area contributed by atoms with Gasteiger partial charge in [0.05, 0.1) is 0 Å². The first kappa shape index (κ1) is 34.1. The Kier molecular flexibility index (Phi) is 15.8. The van der Waals surface area contributed by atoms with Gasteiger partial charge in [0.25, 0.3) is 0 Å². The van der Waals surface area contributed by atoms with E-state index in [0.29, 0.717) is 19.3 Å². The summed E-state index contributed by atoms with van der Waals surface area (Å²) in [6.07, 6.45) is 17.5. The lowest BCUT2D eigenvalue weighted by atomic mass is 10.0. The fourth-order valence-electron chi connectivity index (χ4n) is 4.77. The molecule has 1 rings (SSSR count). The molecule has 1 heterocycles. The van der Waals surface area contributed by atoms with Crippen molar-refractivity contribution < 1.29 is 28.7 Å². The molecule has 2 amide bonds. The third-order valence-corrected chi connectivity index (χ3v) is 6.60. The standard InChI is InChI=1S/C31H55NO6/c1-30(2,3)37-28(35)22-20-18-16-14-12-10-8-7-9-11-13-15-17-19-21-26(33)32-25(23-24-27(32)34)29(36)38-31(4,5)6/h25H,7-24H2,1-6H3/t25-/m0/s1. The first-order valence-corrected chi connectivity index (χ1v) is 15.1. The molecule has 1 aliphatic heterocycles. The zero-order chi connectivity index (χ0) is 28.6. The summed E-state index contributed by atoms with van der Waals surface area (Å²) in [5, 5.41) is 0. The van der Waals surface area contributed by atoms with Crippen LogP contribution in [0.15, 0.2) is 0 Å². The predicted molar refractivity (Wildman–Crippen MR) is 150 cm³/mol. The molecule has 1 fully saturated rings. The highest BCUT2D eigenvalue weighted by atomic mass is 16.6. The molecule has 38 heavy (non-hydrogen) atoms. The number of rotatable bonds is 18. The number of nitrogens with zero attached hydrogens (tertiary/aromatic N) is 1. The van der Waals surface area contributed by atoms with E-state index in [1.54, 1.807) is 20.8 Å². The molecule has 0 saturated carbocycles. The zero-order valence-corrected chi connectivity index (χ0v) is 25.2. The SMILES string of the molecule is CC(C)(C)OC(=O)CCCCCCCCCCCCCCCCC(=O)N1C(=O)CC[C@H]1C(=O)OC(C)(C)C. The molecule has 0 radical (unpaired) electrons. The van der Waals surface area contributed by atoms with E-state index in [1.165, 1.54) is 57.8 Å². The van der Waals surface area contributed by atoms with Crippen LogP contribution < -0.4 is 0 Å². The van der Waals surface area contributed by atoms with Crippen molar-refractivity contribution in [3.63, 3.8) is 0 Å². The minimum Gasteiger partial charge on any atom is -0.460 e. The zero-order valence-electron chi connectivity index (χ0n) is 25.2. The molecule has 7 nitrogen and oxygen atoms in total. The molecule has 220 valence electrons. The van der Waals surface area contributed by atoms with Gasteiger partial charge < -0.3 is 9.47 Å². The van der Waals surface area contributed by atoms with E-state index in [4.69, 9.17) is 9.47 Å². The fraction of sp³-hybridized carbons (Fsp3) is 0.871. The van der Waals surface area contributed by atoms with Gasteiger partial charge in [-0.1, -0.05) is 77.0 Å². The van der Waals surface area contributed by atoms with E-state index in [0.717, 1.165) is 37.0 Å². The van der Waals surface area contributed by atoms with Crippen molar-refractivity contribution in [1.29, 1.82) is 0 Å². The highest BCUT2D eigenvalue weighted by Gasteiger charge is 2.41. The lowest BCUT2D eigenvalue weighted by molar-refractivity contribution is -0.165. The lowest BCUT2D eigenvalue weighted by Gasteiger charge is -2.26. The molecule has 0 aromatic rings. The molecule has 0 aromatic heterocycles. The van der Waals surface area contributed by atoms with Gasteiger partial charge in [-0.3, -0.25) is 19.3 Å². The Hall–Kier alpha value is -1.92. The van der Waals surface area contributed by atoms with Crippen molar-refractivity contribution in [3.8, 4) is 0 Å². The quantitative estimate of drug-likeness (QED) is 0.133. The van der Waals surface area contributed by atoms with Gasteiger partial charge in [0.1, 0.15) is 17.2 Å². The smallest absolute Gasteiger partial charge is 0.329 e. The van der Waals surface area contributed by atoms with E-state index >= 15 is 0 Å². The number of ether oxygens (including phenoxy) is 2. The van der Waals surface area contributed by atoms with Crippen molar-refractivity contribution in [2.24, 2.45) is 0 Å². The summed E-state index contributed by atoms with van der Waals surface area (Å²) in [5.41, 5.74) is -1.02. The summed E-state index contributed by atoms with van der Waals surface area (Å²) in [4.78, 5) is 50.1. The molecule has 0 spiro atoms. The molecule has 1 saturated heterocycles. The minimum atomic E-state index is -0.765. The minimum absolute atomic E-state index is 0.0852. The number of carbonyl (C=O) groups is 4. The molecule has 7 heteroatoms. The van der Waals surface area contributed by atoms with Crippen LogP contribution in [0.25, 0.3) is 0 Å². The maximum absolute atomic E-state index is 12.6. The predicted octanol–water partition coefficient (Wildman–Crippen LogP) is 7.43. The van der Waals surface area contributed by atoms with Crippen LogP contribution in [-0.2, 0) is 28.7 Å². The highest BCUT2D eigenvalue weighted by Crippen LogP contribution is 2.24. The average molecular weight is 538 g/mol. The fourth-order valence-corrected chi connectivity index (χ4v) is 4.77. The van der Waals surface area contributed by atoms with Crippen molar-refractivity contribution >= 4 is 23.8 Å². The van der Waals surface area contributed by atoms with Crippen molar-refractivity contribution in [2.75, 3.05) is 0 Å². The molecule has 1 atom stereocenters. The van der Waals surface area contributed by atoms with Gasteiger partial charge in [-0.2, -0.15) is 0 Å². The average Bonchev–Trinajstić information content (AvgIpc) is 3.18. The van der Waals surface area contributed by atoms with Crippen molar-refractivity contribution in [3.05, 3.63) is 0 Å². The number of imide groups is 1. The molecule has 1 aliphatic rings. The van der Waals surface area contributed by atoms with Crippen molar-refractivity contribution in [2.45, 2.75) is 174 Å². The Balaban J connectivity index is 1.97. The number of hydrogen-bond donors (Lipinski definition) is 0. The third kappa shape index (κ3) is 16.1. The molecule has 0 aliphatic carbocycles. The molecule has 0 unspecified atom stereocenters. The largest absolute Gasteiger partial charge is 0.460 e. The summed E-state index contributed by atoms with van der Waals surface area (Å²) >= 11 is 0. The Morgan fingerprint density at radius 2 is 1.05 bits per heavy atom. The van der Waals surface area contributed by atoms with Crippen LogP contribution in [0.2, 0.25) is 0 Å². The van der Waals surface area contributed by atoms with Crippen LogP contribution in [0.4, 0.5) is 0 Å². The van der Waals surface area contributed by atoms with Gasteiger partial charge in [-0.15, -0.1) is 0 Å². The Morgan fingerprint density at radius 1 is 0.658 bits per heavy atom. The summed E-state index contributed by atoms with van der Waals surface area (Å²) in [7, 11) is 0. The van der Waals surface area contributed by atoms with Crippen LogP contribution >= 0.6 is 0 Å².